The zero-order chi connectivity index (χ0) is 23.2. The lowest BCUT2D eigenvalue weighted by atomic mass is 10.0. The van der Waals surface area contributed by atoms with Gasteiger partial charge in [-0.05, 0) is 47.9 Å². The van der Waals surface area contributed by atoms with E-state index < -0.39 is 0 Å². The van der Waals surface area contributed by atoms with Gasteiger partial charge in [-0.2, -0.15) is 0 Å². The summed E-state index contributed by atoms with van der Waals surface area (Å²) >= 11 is 4.16. The number of hydrogen-bond acceptors (Lipinski definition) is 9. The van der Waals surface area contributed by atoms with Gasteiger partial charge in [0.2, 0.25) is 11.0 Å². The molecule has 0 aliphatic carbocycles. The Morgan fingerprint density at radius 3 is 2.52 bits per heavy atom. The molecule has 0 radical (unpaired) electrons. The Morgan fingerprint density at radius 2 is 1.82 bits per heavy atom. The number of amides is 1. The second-order valence-electron chi connectivity index (χ2n) is 7.38. The van der Waals surface area contributed by atoms with Gasteiger partial charge in [0.15, 0.2) is 9.47 Å². The minimum Gasteiger partial charge on any atom is -0.497 e. The highest BCUT2D eigenvalue weighted by molar-refractivity contribution is 8.01. The molecule has 0 unspecified atom stereocenters. The first-order chi connectivity index (χ1) is 16.0. The molecule has 2 heterocycles. The molecule has 0 aliphatic rings. The number of carbonyl (C=O) groups excluding carboxylic acids is 1. The average molecular weight is 498 g/mol. The fourth-order valence-electron chi connectivity index (χ4n) is 2.90. The van der Waals surface area contributed by atoms with Crippen LogP contribution in [0.1, 0.15) is 25.3 Å². The van der Waals surface area contributed by atoms with Crippen molar-refractivity contribution in [1.82, 2.24) is 15.2 Å². The second-order valence-corrected chi connectivity index (χ2v) is 10.4. The van der Waals surface area contributed by atoms with E-state index in [1.807, 2.05) is 41.8 Å². The molecule has 0 spiro atoms. The van der Waals surface area contributed by atoms with Crippen molar-refractivity contribution in [3.8, 4) is 17.0 Å². The number of aromatic nitrogens is 3. The first-order valence-corrected chi connectivity index (χ1v) is 12.9. The van der Waals surface area contributed by atoms with E-state index in [0.29, 0.717) is 16.2 Å². The van der Waals surface area contributed by atoms with E-state index in [4.69, 9.17) is 4.74 Å². The topological polar surface area (TPSA) is 89.0 Å². The van der Waals surface area contributed by atoms with Crippen molar-refractivity contribution in [2.75, 3.05) is 23.5 Å². The molecular weight excluding hydrogens is 474 g/mol. The number of thiazole rings is 1. The molecule has 4 aromatic rings. The number of methoxy groups -OCH3 is 1. The zero-order valence-corrected chi connectivity index (χ0v) is 20.8. The van der Waals surface area contributed by atoms with Crippen LogP contribution in [0.25, 0.3) is 11.3 Å². The predicted octanol–water partition coefficient (Wildman–Crippen LogP) is 6.27. The fraction of sp³-hybridized carbons (Fsp3) is 0.217. The first kappa shape index (κ1) is 23.2. The van der Waals surface area contributed by atoms with Crippen molar-refractivity contribution in [1.29, 1.82) is 0 Å². The standard InChI is InChI=1S/C23H23N5O2S3/c1-14(2)15-4-8-17(9-5-15)24-22-27-28-23(33-22)32-13-20(29)26-21-25-19(12-31-21)16-6-10-18(30-3)11-7-16/h4-12,14H,13H2,1-3H3,(H,24,27)(H,25,26,29). The number of hydrogen-bond donors (Lipinski definition) is 2. The molecular formula is C23H23N5O2S3. The third kappa shape index (κ3) is 6.31. The summed E-state index contributed by atoms with van der Waals surface area (Å²) < 4.78 is 5.91. The Bertz CT molecular complexity index is 1200. The van der Waals surface area contributed by atoms with Gasteiger partial charge < -0.3 is 15.4 Å². The van der Waals surface area contributed by atoms with Crippen LogP contribution in [0.4, 0.5) is 16.0 Å². The average Bonchev–Trinajstić information content (AvgIpc) is 3.48. The largest absolute Gasteiger partial charge is 0.497 e. The summed E-state index contributed by atoms with van der Waals surface area (Å²) in [6.45, 7) is 4.34. The van der Waals surface area contributed by atoms with Crippen LogP contribution in [0.3, 0.4) is 0 Å². The van der Waals surface area contributed by atoms with E-state index in [2.05, 4.69) is 51.8 Å². The van der Waals surface area contributed by atoms with E-state index >= 15 is 0 Å². The summed E-state index contributed by atoms with van der Waals surface area (Å²) in [4.78, 5) is 16.9. The smallest absolute Gasteiger partial charge is 0.236 e. The Hall–Kier alpha value is -2.95. The molecule has 2 N–H and O–H groups in total. The highest BCUT2D eigenvalue weighted by Gasteiger charge is 2.11. The quantitative estimate of drug-likeness (QED) is 0.264. The Morgan fingerprint density at radius 1 is 1.06 bits per heavy atom. The van der Waals surface area contributed by atoms with Crippen LogP contribution in [0, 0.1) is 0 Å². The van der Waals surface area contributed by atoms with Gasteiger partial charge in [0, 0.05) is 16.6 Å². The maximum atomic E-state index is 12.4. The molecule has 0 bridgehead atoms. The maximum absolute atomic E-state index is 12.4. The summed E-state index contributed by atoms with van der Waals surface area (Å²) in [5.41, 5.74) is 4.03. The molecule has 2 aromatic heterocycles. The van der Waals surface area contributed by atoms with Crippen molar-refractivity contribution in [2.24, 2.45) is 0 Å². The monoisotopic (exact) mass is 497 g/mol. The van der Waals surface area contributed by atoms with Crippen molar-refractivity contribution in [3.05, 3.63) is 59.5 Å². The van der Waals surface area contributed by atoms with Gasteiger partial charge in [-0.15, -0.1) is 21.5 Å². The van der Waals surface area contributed by atoms with Crippen molar-refractivity contribution < 1.29 is 9.53 Å². The molecule has 10 heteroatoms. The van der Waals surface area contributed by atoms with Crippen molar-refractivity contribution in [3.63, 3.8) is 0 Å². The van der Waals surface area contributed by atoms with E-state index in [-0.39, 0.29) is 11.7 Å². The van der Waals surface area contributed by atoms with Crippen molar-refractivity contribution >= 4 is 56.3 Å². The molecule has 0 saturated heterocycles. The second kappa shape index (κ2) is 10.8. The van der Waals surface area contributed by atoms with Crippen molar-refractivity contribution in [2.45, 2.75) is 24.1 Å². The number of benzene rings is 2. The van der Waals surface area contributed by atoms with Gasteiger partial charge in [-0.25, -0.2) is 4.98 Å². The van der Waals surface area contributed by atoms with Crippen LogP contribution in [-0.2, 0) is 4.79 Å². The Labute approximate surface area is 204 Å². The normalized spacial score (nSPS) is 10.9. The molecule has 170 valence electrons. The lowest BCUT2D eigenvalue weighted by Gasteiger charge is -2.06. The summed E-state index contributed by atoms with van der Waals surface area (Å²) in [6, 6.07) is 15.9. The Kier molecular flexibility index (Phi) is 7.58. The first-order valence-electron chi connectivity index (χ1n) is 10.2. The van der Waals surface area contributed by atoms with E-state index in [9.17, 15) is 4.79 Å². The minimum absolute atomic E-state index is 0.135. The number of rotatable bonds is 9. The van der Waals surface area contributed by atoms with Gasteiger partial charge in [-0.3, -0.25) is 4.79 Å². The summed E-state index contributed by atoms with van der Waals surface area (Å²) in [5, 5.41) is 17.6. The third-order valence-corrected chi connectivity index (χ3v) is 7.43. The molecule has 0 fully saturated rings. The number of carbonyl (C=O) groups is 1. The minimum atomic E-state index is -0.135. The van der Waals surface area contributed by atoms with Gasteiger partial charge in [0.05, 0.1) is 18.6 Å². The maximum Gasteiger partial charge on any atom is 0.236 e. The van der Waals surface area contributed by atoms with Crippen LogP contribution in [0.5, 0.6) is 5.75 Å². The lowest BCUT2D eigenvalue weighted by Crippen LogP contribution is -2.13. The predicted molar refractivity (Wildman–Crippen MR) is 137 cm³/mol. The molecule has 33 heavy (non-hydrogen) atoms. The van der Waals surface area contributed by atoms with Gasteiger partial charge in [0.1, 0.15) is 5.75 Å². The van der Waals surface area contributed by atoms with Gasteiger partial charge in [0.25, 0.3) is 0 Å². The van der Waals surface area contributed by atoms with E-state index in [1.165, 1.54) is 40.0 Å². The summed E-state index contributed by atoms with van der Waals surface area (Å²) in [6.07, 6.45) is 0. The van der Waals surface area contributed by atoms with Crippen LogP contribution < -0.4 is 15.4 Å². The van der Waals surface area contributed by atoms with Crippen LogP contribution in [0.15, 0.2) is 58.3 Å². The molecule has 0 atom stereocenters. The molecule has 0 aliphatic heterocycles. The molecule has 4 rings (SSSR count). The zero-order valence-electron chi connectivity index (χ0n) is 18.4. The van der Waals surface area contributed by atoms with Gasteiger partial charge in [-0.1, -0.05) is 49.1 Å². The molecule has 2 aromatic carbocycles. The summed E-state index contributed by atoms with van der Waals surface area (Å²) in [5.74, 6) is 1.38. The van der Waals surface area contributed by atoms with Gasteiger partial charge >= 0.3 is 0 Å². The highest BCUT2D eigenvalue weighted by atomic mass is 32.2. The number of anilines is 3. The van der Waals surface area contributed by atoms with Crippen LogP contribution >= 0.6 is 34.4 Å². The van der Waals surface area contributed by atoms with Crippen LogP contribution in [0.2, 0.25) is 0 Å². The lowest BCUT2D eigenvalue weighted by molar-refractivity contribution is -0.113. The molecule has 7 nitrogen and oxygen atoms in total. The van der Waals surface area contributed by atoms with E-state index in [0.717, 1.165) is 27.0 Å². The number of thioether (sulfide) groups is 1. The molecule has 0 saturated carbocycles. The summed E-state index contributed by atoms with van der Waals surface area (Å²) in [7, 11) is 1.63. The number of nitrogens with zero attached hydrogens (tertiary/aromatic N) is 3. The number of ether oxygens (including phenoxy) is 1. The Balaban J connectivity index is 1.27. The van der Waals surface area contributed by atoms with E-state index in [1.54, 1.807) is 7.11 Å². The third-order valence-electron chi connectivity index (χ3n) is 4.70. The highest BCUT2D eigenvalue weighted by Crippen LogP contribution is 2.29. The SMILES string of the molecule is COc1ccc(-c2csc(NC(=O)CSc3nnc(Nc4ccc(C(C)C)cc4)s3)n2)cc1. The fourth-order valence-corrected chi connectivity index (χ4v) is 5.21. The van der Waals surface area contributed by atoms with Crippen LogP contribution in [-0.4, -0.2) is 34.0 Å². The number of nitrogens with one attached hydrogen (secondary N) is 2. The molecule has 1 amide bonds.